The average molecular weight is 431 g/mol. The fraction of sp³-hybridized carbons (Fsp3) is 0.296. The van der Waals surface area contributed by atoms with Crippen LogP contribution in [-0.4, -0.2) is 31.6 Å². The Morgan fingerprint density at radius 2 is 1.66 bits per heavy atom. The number of anilines is 1. The van der Waals surface area contributed by atoms with Crippen LogP contribution in [0.1, 0.15) is 30.0 Å². The summed E-state index contributed by atoms with van der Waals surface area (Å²) < 4.78 is 10.6. The van der Waals surface area contributed by atoms with E-state index >= 15 is 0 Å². The molecule has 5 nitrogen and oxygen atoms in total. The SMILES string of the molecule is COc1ccc(NC(=O)[C@H]2CC[C@H](c3ccccc3)N(Cc3cccc(OC)c3)C2)cc1. The maximum Gasteiger partial charge on any atom is 0.228 e. The first-order chi connectivity index (χ1) is 15.7. The number of methoxy groups -OCH3 is 2. The minimum Gasteiger partial charge on any atom is -0.497 e. The number of hydrogen-bond donors (Lipinski definition) is 1. The summed E-state index contributed by atoms with van der Waals surface area (Å²) in [6, 6.07) is 26.5. The Kier molecular flexibility index (Phi) is 7.07. The summed E-state index contributed by atoms with van der Waals surface area (Å²) in [7, 11) is 3.32. The quantitative estimate of drug-likeness (QED) is 0.553. The van der Waals surface area contributed by atoms with Crippen molar-refractivity contribution >= 4 is 11.6 Å². The Labute approximate surface area is 190 Å². The number of nitrogens with one attached hydrogen (secondary N) is 1. The normalized spacial score (nSPS) is 18.7. The first kappa shape index (κ1) is 21.9. The molecule has 0 aliphatic carbocycles. The van der Waals surface area contributed by atoms with Crippen LogP contribution in [0.4, 0.5) is 5.69 Å². The molecule has 1 fully saturated rings. The third-order valence-corrected chi connectivity index (χ3v) is 6.12. The zero-order valence-corrected chi connectivity index (χ0v) is 18.7. The van der Waals surface area contributed by atoms with Crippen molar-refractivity contribution in [3.8, 4) is 11.5 Å². The minimum absolute atomic E-state index is 0.0670. The average Bonchev–Trinajstić information content (AvgIpc) is 2.85. The van der Waals surface area contributed by atoms with Gasteiger partial charge in [-0.25, -0.2) is 0 Å². The van der Waals surface area contributed by atoms with Crippen LogP contribution in [0.15, 0.2) is 78.9 Å². The highest BCUT2D eigenvalue weighted by molar-refractivity contribution is 5.92. The second-order valence-corrected chi connectivity index (χ2v) is 8.20. The minimum atomic E-state index is -0.0670. The van der Waals surface area contributed by atoms with Gasteiger partial charge in [0, 0.05) is 24.8 Å². The lowest BCUT2D eigenvalue weighted by molar-refractivity contribution is -0.122. The van der Waals surface area contributed by atoms with Crippen LogP contribution < -0.4 is 14.8 Å². The molecule has 4 rings (SSSR count). The molecule has 1 aliphatic rings. The van der Waals surface area contributed by atoms with E-state index in [0.29, 0.717) is 6.54 Å². The molecule has 3 aromatic carbocycles. The molecular weight excluding hydrogens is 400 g/mol. The third kappa shape index (κ3) is 5.29. The van der Waals surface area contributed by atoms with Crippen LogP contribution in [0.2, 0.25) is 0 Å². The van der Waals surface area contributed by atoms with Crippen molar-refractivity contribution in [3.05, 3.63) is 90.0 Å². The number of carbonyl (C=O) groups is 1. The molecule has 5 heteroatoms. The summed E-state index contributed by atoms with van der Waals surface area (Å²) in [6.07, 6.45) is 1.80. The highest BCUT2D eigenvalue weighted by Gasteiger charge is 2.33. The van der Waals surface area contributed by atoms with Gasteiger partial charge in [-0.1, -0.05) is 42.5 Å². The molecule has 3 aromatic rings. The predicted octanol–water partition coefficient (Wildman–Crippen LogP) is 5.30. The van der Waals surface area contributed by atoms with Crippen molar-refractivity contribution in [2.24, 2.45) is 5.92 Å². The number of benzene rings is 3. The molecule has 32 heavy (non-hydrogen) atoms. The third-order valence-electron chi connectivity index (χ3n) is 6.12. The lowest BCUT2D eigenvalue weighted by atomic mass is 9.88. The van der Waals surface area contributed by atoms with E-state index in [2.05, 4.69) is 46.6 Å². The zero-order valence-electron chi connectivity index (χ0n) is 18.7. The van der Waals surface area contributed by atoms with Gasteiger partial charge < -0.3 is 14.8 Å². The van der Waals surface area contributed by atoms with E-state index in [1.54, 1.807) is 14.2 Å². The van der Waals surface area contributed by atoms with Gasteiger partial charge >= 0.3 is 0 Å². The molecule has 2 atom stereocenters. The Bertz CT molecular complexity index is 1020. The van der Waals surface area contributed by atoms with Gasteiger partial charge in [0.15, 0.2) is 0 Å². The molecule has 0 saturated carbocycles. The fourth-order valence-electron chi connectivity index (χ4n) is 4.41. The first-order valence-corrected chi connectivity index (χ1v) is 11.0. The molecule has 1 N–H and O–H groups in total. The van der Waals surface area contributed by atoms with Crippen LogP contribution >= 0.6 is 0 Å². The van der Waals surface area contributed by atoms with Gasteiger partial charge in [0.2, 0.25) is 5.91 Å². The van der Waals surface area contributed by atoms with Gasteiger partial charge in [0.1, 0.15) is 11.5 Å². The number of amides is 1. The standard InChI is InChI=1S/C27H30N2O3/c1-31-24-14-12-23(13-15-24)28-27(30)22-11-16-26(21-8-4-3-5-9-21)29(19-22)18-20-7-6-10-25(17-20)32-2/h3-10,12-15,17,22,26H,11,16,18-19H2,1-2H3,(H,28,30)/t22-,26+/m0/s1. The van der Waals surface area contributed by atoms with Crippen molar-refractivity contribution in [2.75, 3.05) is 26.1 Å². The van der Waals surface area contributed by atoms with Crippen LogP contribution in [-0.2, 0) is 11.3 Å². The van der Waals surface area contributed by atoms with Crippen molar-refractivity contribution in [3.63, 3.8) is 0 Å². The second-order valence-electron chi connectivity index (χ2n) is 8.20. The first-order valence-electron chi connectivity index (χ1n) is 11.0. The highest BCUT2D eigenvalue weighted by Crippen LogP contribution is 2.35. The molecule has 0 unspecified atom stereocenters. The summed E-state index contributed by atoms with van der Waals surface area (Å²) in [5, 5.41) is 3.08. The van der Waals surface area contributed by atoms with Crippen LogP contribution in [0.25, 0.3) is 0 Å². The lowest BCUT2D eigenvalue weighted by Gasteiger charge is -2.39. The van der Waals surface area contributed by atoms with Gasteiger partial charge in [-0.2, -0.15) is 0 Å². The number of rotatable bonds is 7. The Morgan fingerprint density at radius 3 is 2.38 bits per heavy atom. The summed E-state index contributed by atoms with van der Waals surface area (Å²) >= 11 is 0. The van der Waals surface area contributed by atoms with Crippen LogP contribution in [0.5, 0.6) is 11.5 Å². The molecule has 1 heterocycles. The van der Waals surface area contributed by atoms with Gasteiger partial charge in [-0.15, -0.1) is 0 Å². The second kappa shape index (κ2) is 10.3. The van der Waals surface area contributed by atoms with Gasteiger partial charge in [0.25, 0.3) is 0 Å². The molecule has 0 bridgehead atoms. The Morgan fingerprint density at radius 1 is 0.906 bits per heavy atom. The van der Waals surface area contributed by atoms with Crippen molar-refractivity contribution < 1.29 is 14.3 Å². The van der Waals surface area contributed by atoms with E-state index in [4.69, 9.17) is 9.47 Å². The maximum absolute atomic E-state index is 13.1. The monoisotopic (exact) mass is 430 g/mol. The van der Waals surface area contributed by atoms with Crippen molar-refractivity contribution in [1.82, 2.24) is 4.90 Å². The van der Waals surface area contributed by atoms with Crippen LogP contribution in [0.3, 0.4) is 0 Å². The fourth-order valence-corrected chi connectivity index (χ4v) is 4.41. The number of piperidine rings is 1. The van der Waals surface area contributed by atoms with E-state index in [9.17, 15) is 4.79 Å². The van der Waals surface area contributed by atoms with Crippen LogP contribution in [0, 0.1) is 5.92 Å². The maximum atomic E-state index is 13.1. The van der Waals surface area contributed by atoms with E-state index in [1.807, 2.05) is 42.5 Å². The molecule has 0 radical (unpaired) electrons. The molecule has 1 aliphatic heterocycles. The van der Waals surface area contributed by atoms with E-state index in [-0.39, 0.29) is 17.9 Å². The summed E-state index contributed by atoms with van der Waals surface area (Å²) in [4.78, 5) is 15.5. The van der Waals surface area contributed by atoms with Crippen molar-refractivity contribution in [2.45, 2.75) is 25.4 Å². The van der Waals surface area contributed by atoms with E-state index in [0.717, 1.165) is 36.6 Å². The van der Waals surface area contributed by atoms with Gasteiger partial charge in [-0.05, 0) is 60.4 Å². The summed E-state index contributed by atoms with van der Waals surface area (Å²) in [5.74, 6) is 1.63. The van der Waals surface area contributed by atoms with Gasteiger partial charge in [0.05, 0.1) is 20.1 Å². The van der Waals surface area contributed by atoms with Crippen molar-refractivity contribution in [1.29, 1.82) is 0 Å². The van der Waals surface area contributed by atoms with E-state index < -0.39 is 0 Å². The number of carbonyl (C=O) groups excluding carboxylic acids is 1. The Hall–Kier alpha value is -3.31. The molecule has 0 aromatic heterocycles. The predicted molar refractivity (Wildman–Crippen MR) is 127 cm³/mol. The largest absolute Gasteiger partial charge is 0.497 e. The van der Waals surface area contributed by atoms with Gasteiger partial charge in [-0.3, -0.25) is 9.69 Å². The summed E-state index contributed by atoms with van der Waals surface area (Å²) in [5.41, 5.74) is 3.27. The number of ether oxygens (including phenoxy) is 2. The molecule has 1 saturated heterocycles. The summed E-state index contributed by atoms with van der Waals surface area (Å²) in [6.45, 7) is 1.47. The number of hydrogen-bond acceptors (Lipinski definition) is 4. The lowest BCUT2D eigenvalue weighted by Crippen LogP contribution is -2.42. The topological polar surface area (TPSA) is 50.8 Å². The number of likely N-dealkylation sites (tertiary alicyclic amines) is 1. The smallest absolute Gasteiger partial charge is 0.228 e. The zero-order chi connectivity index (χ0) is 22.3. The highest BCUT2D eigenvalue weighted by atomic mass is 16.5. The molecule has 166 valence electrons. The molecule has 1 amide bonds. The van der Waals surface area contributed by atoms with E-state index in [1.165, 1.54) is 11.1 Å². The Balaban J connectivity index is 1.50. The molecular formula is C27H30N2O3. The molecule has 0 spiro atoms. The number of nitrogens with zero attached hydrogens (tertiary/aromatic N) is 1.